The number of hydrogen-bond acceptors (Lipinski definition) is 3. The van der Waals surface area contributed by atoms with E-state index in [1.165, 1.54) is 0 Å². The van der Waals surface area contributed by atoms with Crippen molar-refractivity contribution in [1.29, 1.82) is 0 Å². The molecule has 1 aromatic carbocycles. The third-order valence-corrected chi connectivity index (χ3v) is 8.09. The lowest BCUT2D eigenvalue weighted by molar-refractivity contribution is -0.119. The first-order valence-corrected chi connectivity index (χ1v) is 11.1. The van der Waals surface area contributed by atoms with Crippen LogP contribution in [0.15, 0.2) is 23.1 Å². The number of benzene rings is 1. The number of anilines is 1. The molecule has 5 nitrogen and oxygen atoms in total. The topological polar surface area (TPSA) is 57.7 Å². The van der Waals surface area contributed by atoms with Crippen molar-refractivity contribution < 1.29 is 13.2 Å². The molecule has 0 N–H and O–H groups in total. The minimum atomic E-state index is -3.49. The smallest absolute Gasteiger partial charge is 0.243 e. The maximum absolute atomic E-state index is 13.2. The van der Waals surface area contributed by atoms with Gasteiger partial charge in [0.2, 0.25) is 15.9 Å². The van der Waals surface area contributed by atoms with Crippen LogP contribution in [-0.2, 0) is 20.2 Å². The fraction of sp³-hybridized carbons (Fsp3) is 0.650. The second-order valence-electron chi connectivity index (χ2n) is 8.72. The Labute approximate surface area is 156 Å². The molecule has 0 spiro atoms. The lowest BCUT2D eigenvalue weighted by Gasteiger charge is -2.32. The standard InChI is InChI=1S/C20H28N2O3S/c1-14-6-4-5-11-22(14)26(24,25)16-9-10-18-17(12-16)20(2,3)13-21(18)19(23)15-7-8-15/h9-10,12,14-15H,4-8,11,13H2,1-3H3/t14-/m0/s1. The molecule has 1 aromatic rings. The third-order valence-electron chi connectivity index (χ3n) is 6.08. The van der Waals surface area contributed by atoms with Gasteiger partial charge in [0.1, 0.15) is 0 Å². The predicted octanol–water partition coefficient (Wildman–Crippen LogP) is 3.28. The lowest BCUT2D eigenvalue weighted by atomic mass is 9.87. The van der Waals surface area contributed by atoms with E-state index in [0.717, 1.165) is 43.4 Å². The molecule has 1 amide bonds. The van der Waals surface area contributed by atoms with Gasteiger partial charge in [0.25, 0.3) is 0 Å². The number of amides is 1. The molecular weight excluding hydrogens is 348 g/mol. The number of sulfonamides is 1. The maximum Gasteiger partial charge on any atom is 0.243 e. The molecular formula is C20H28N2O3S. The minimum absolute atomic E-state index is 0.0444. The molecule has 4 rings (SSSR count). The van der Waals surface area contributed by atoms with Crippen LogP contribution in [0.1, 0.15) is 58.4 Å². The summed E-state index contributed by atoms with van der Waals surface area (Å²) in [7, 11) is -3.49. The Morgan fingerprint density at radius 1 is 1.15 bits per heavy atom. The Morgan fingerprint density at radius 2 is 1.88 bits per heavy atom. The van der Waals surface area contributed by atoms with Crippen LogP contribution in [-0.4, -0.2) is 37.8 Å². The van der Waals surface area contributed by atoms with Crippen LogP contribution >= 0.6 is 0 Å². The van der Waals surface area contributed by atoms with E-state index in [4.69, 9.17) is 0 Å². The zero-order valence-corrected chi connectivity index (χ0v) is 16.7. The van der Waals surface area contributed by atoms with E-state index in [1.54, 1.807) is 10.4 Å². The summed E-state index contributed by atoms with van der Waals surface area (Å²) in [5.74, 6) is 0.353. The number of nitrogens with zero attached hydrogens (tertiary/aromatic N) is 2. The van der Waals surface area contributed by atoms with Crippen molar-refractivity contribution in [2.75, 3.05) is 18.0 Å². The maximum atomic E-state index is 13.2. The van der Waals surface area contributed by atoms with Gasteiger partial charge in [-0.05, 0) is 56.4 Å². The van der Waals surface area contributed by atoms with Crippen LogP contribution < -0.4 is 4.90 Å². The Balaban J connectivity index is 1.71. The highest BCUT2D eigenvalue weighted by atomic mass is 32.2. The van der Waals surface area contributed by atoms with Crippen molar-refractivity contribution in [2.24, 2.45) is 5.92 Å². The van der Waals surface area contributed by atoms with E-state index in [0.29, 0.717) is 18.0 Å². The SMILES string of the molecule is C[C@H]1CCCCN1S(=O)(=O)c1ccc2c(c1)C(C)(C)CN2C(=O)C1CC1. The van der Waals surface area contributed by atoms with Gasteiger partial charge >= 0.3 is 0 Å². The highest BCUT2D eigenvalue weighted by Crippen LogP contribution is 2.44. The zero-order chi connectivity index (χ0) is 18.7. The van der Waals surface area contributed by atoms with Gasteiger partial charge in [0.15, 0.2) is 0 Å². The van der Waals surface area contributed by atoms with E-state index < -0.39 is 10.0 Å². The molecule has 142 valence electrons. The summed E-state index contributed by atoms with van der Waals surface area (Å²) in [6.07, 6.45) is 4.88. The molecule has 1 aliphatic carbocycles. The van der Waals surface area contributed by atoms with Gasteiger partial charge in [0, 0.05) is 36.2 Å². The molecule has 0 unspecified atom stereocenters. The summed E-state index contributed by atoms with van der Waals surface area (Å²) in [6, 6.07) is 5.38. The first-order valence-electron chi connectivity index (χ1n) is 9.69. The van der Waals surface area contributed by atoms with E-state index in [-0.39, 0.29) is 23.3 Å². The summed E-state index contributed by atoms with van der Waals surface area (Å²) >= 11 is 0. The van der Waals surface area contributed by atoms with Crippen LogP contribution in [0, 0.1) is 5.92 Å². The second-order valence-corrected chi connectivity index (χ2v) is 10.6. The van der Waals surface area contributed by atoms with Crippen molar-refractivity contribution in [3.63, 3.8) is 0 Å². The highest BCUT2D eigenvalue weighted by molar-refractivity contribution is 7.89. The number of hydrogen-bond donors (Lipinski definition) is 0. The fourth-order valence-electron chi connectivity index (χ4n) is 4.33. The summed E-state index contributed by atoms with van der Waals surface area (Å²) in [6.45, 7) is 7.39. The van der Waals surface area contributed by atoms with Gasteiger partial charge in [-0.15, -0.1) is 0 Å². The van der Waals surface area contributed by atoms with Gasteiger partial charge in [-0.3, -0.25) is 4.79 Å². The fourth-order valence-corrected chi connectivity index (χ4v) is 6.06. The lowest BCUT2D eigenvalue weighted by Crippen LogP contribution is -2.41. The molecule has 0 bridgehead atoms. The molecule has 2 heterocycles. The number of carbonyl (C=O) groups excluding carboxylic acids is 1. The summed E-state index contributed by atoms with van der Waals surface area (Å²) < 4.78 is 28.0. The molecule has 0 radical (unpaired) electrons. The van der Waals surface area contributed by atoms with Crippen molar-refractivity contribution in [3.05, 3.63) is 23.8 Å². The van der Waals surface area contributed by atoms with Crippen LogP contribution in [0.4, 0.5) is 5.69 Å². The molecule has 6 heteroatoms. The molecule has 2 aliphatic heterocycles. The number of fused-ring (bicyclic) bond motifs is 1. The quantitative estimate of drug-likeness (QED) is 0.813. The van der Waals surface area contributed by atoms with Gasteiger partial charge in [-0.25, -0.2) is 8.42 Å². The van der Waals surface area contributed by atoms with Crippen molar-refractivity contribution >= 4 is 21.6 Å². The number of carbonyl (C=O) groups is 1. The van der Waals surface area contributed by atoms with Crippen molar-refractivity contribution in [1.82, 2.24) is 4.31 Å². The van der Waals surface area contributed by atoms with Gasteiger partial charge < -0.3 is 4.90 Å². The molecule has 2 fully saturated rings. The summed E-state index contributed by atoms with van der Waals surface area (Å²) in [4.78, 5) is 14.9. The monoisotopic (exact) mass is 376 g/mol. The molecule has 1 saturated carbocycles. The average molecular weight is 377 g/mol. The molecule has 26 heavy (non-hydrogen) atoms. The van der Waals surface area contributed by atoms with Crippen LogP contribution in [0.2, 0.25) is 0 Å². The molecule has 0 aromatic heterocycles. The molecule has 1 saturated heterocycles. The van der Waals surface area contributed by atoms with Crippen LogP contribution in [0.5, 0.6) is 0 Å². The highest BCUT2D eigenvalue weighted by Gasteiger charge is 2.43. The largest absolute Gasteiger partial charge is 0.311 e. The van der Waals surface area contributed by atoms with Crippen LogP contribution in [0.25, 0.3) is 0 Å². The Kier molecular flexibility index (Phi) is 4.19. The van der Waals surface area contributed by atoms with Crippen LogP contribution in [0.3, 0.4) is 0 Å². The summed E-state index contributed by atoms with van der Waals surface area (Å²) in [5, 5.41) is 0. The zero-order valence-electron chi connectivity index (χ0n) is 15.9. The number of piperidine rings is 1. The molecule has 3 aliphatic rings. The number of rotatable bonds is 3. The normalized spacial score (nSPS) is 26.0. The van der Waals surface area contributed by atoms with E-state index in [1.807, 2.05) is 24.0 Å². The second kappa shape index (κ2) is 6.06. The van der Waals surface area contributed by atoms with E-state index in [9.17, 15) is 13.2 Å². The van der Waals surface area contributed by atoms with Gasteiger partial charge in [-0.1, -0.05) is 20.3 Å². The first kappa shape index (κ1) is 18.0. The van der Waals surface area contributed by atoms with E-state index >= 15 is 0 Å². The minimum Gasteiger partial charge on any atom is -0.311 e. The summed E-state index contributed by atoms with van der Waals surface area (Å²) in [5.41, 5.74) is 1.62. The van der Waals surface area contributed by atoms with E-state index in [2.05, 4.69) is 13.8 Å². The Hall–Kier alpha value is -1.40. The Bertz CT molecular complexity index is 843. The molecule has 1 atom stereocenters. The van der Waals surface area contributed by atoms with Gasteiger partial charge in [-0.2, -0.15) is 4.31 Å². The average Bonchev–Trinajstić information content (AvgIpc) is 3.40. The third kappa shape index (κ3) is 2.87. The predicted molar refractivity (Wildman–Crippen MR) is 102 cm³/mol. The Morgan fingerprint density at radius 3 is 2.54 bits per heavy atom. The van der Waals surface area contributed by atoms with Gasteiger partial charge in [0.05, 0.1) is 4.90 Å². The van der Waals surface area contributed by atoms with Crippen molar-refractivity contribution in [3.8, 4) is 0 Å². The first-order chi connectivity index (χ1) is 12.2. The van der Waals surface area contributed by atoms with Crippen molar-refractivity contribution in [2.45, 2.75) is 69.2 Å².